The Morgan fingerprint density at radius 3 is 2.78 bits per heavy atom. The summed E-state index contributed by atoms with van der Waals surface area (Å²) in [6.45, 7) is 1.81. The molecule has 0 saturated carbocycles. The highest BCUT2D eigenvalue weighted by molar-refractivity contribution is 9.10. The number of nitrogens with zero attached hydrogens (tertiary/aromatic N) is 1. The van der Waals surface area contributed by atoms with E-state index in [0.717, 1.165) is 21.1 Å². The Morgan fingerprint density at radius 2 is 2.17 bits per heavy atom. The number of sulfonamides is 1. The van der Waals surface area contributed by atoms with Crippen LogP contribution < -0.4 is 4.72 Å². The first kappa shape index (κ1) is 13.4. The van der Waals surface area contributed by atoms with Crippen molar-refractivity contribution in [1.82, 2.24) is 9.71 Å². The molecule has 0 radical (unpaired) electrons. The van der Waals surface area contributed by atoms with E-state index < -0.39 is 15.9 Å². The number of aromatic nitrogens is 1. The number of carbonyl (C=O) groups excluding carboxylic acids is 1. The van der Waals surface area contributed by atoms with Crippen molar-refractivity contribution in [2.45, 2.75) is 6.92 Å². The number of carbonyl (C=O) groups is 1. The Balaban J connectivity index is 2.56. The van der Waals surface area contributed by atoms with E-state index in [1.54, 1.807) is 12.3 Å². The third-order valence-corrected chi connectivity index (χ3v) is 4.57. The molecule has 96 valence electrons. The zero-order valence-corrected chi connectivity index (χ0v) is 12.7. The fraction of sp³-hybridized carbons (Fsp3) is 0.200. The summed E-state index contributed by atoms with van der Waals surface area (Å²) in [6.07, 6.45) is 0.939. The molecule has 0 spiro atoms. The molecule has 2 rings (SSSR count). The Labute approximate surface area is 116 Å². The molecule has 0 atom stereocenters. The van der Waals surface area contributed by atoms with Gasteiger partial charge in [0.2, 0.25) is 10.0 Å². The van der Waals surface area contributed by atoms with E-state index in [-0.39, 0.29) is 5.56 Å². The lowest BCUT2D eigenvalue weighted by Crippen LogP contribution is -2.29. The molecule has 0 saturated heterocycles. The molecule has 5 nitrogen and oxygen atoms in total. The fourth-order valence-corrected chi connectivity index (χ4v) is 3.61. The predicted octanol–water partition coefficient (Wildman–Crippen LogP) is 2.06. The molecule has 0 bridgehead atoms. The van der Waals surface area contributed by atoms with Crippen LogP contribution in [0, 0.1) is 6.92 Å². The fourth-order valence-electron chi connectivity index (χ4n) is 1.47. The summed E-state index contributed by atoms with van der Waals surface area (Å²) < 4.78 is 25.7. The van der Waals surface area contributed by atoms with Gasteiger partial charge in [-0.25, -0.2) is 13.1 Å². The number of hydrogen-bond acceptors (Lipinski definition) is 5. The minimum Gasteiger partial charge on any atom is -0.268 e. The summed E-state index contributed by atoms with van der Waals surface area (Å²) in [6, 6.07) is 1.84. The Bertz CT molecular complexity index is 737. The standard InChI is InChI=1S/C10H9BrN2O3S2/c1-5-3-7(11)9-8(12-5)6(4-17-9)10(14)13-18(2,15)16/h3-4H,1-2H3,(H,13,14). The summed E-state index contributed by atoms with van der Waals surface area (Å²) in [4.78, 5) is 16.1. The molecule has 0 aliphatic rings. The van der Waals surface area contributed by atoms with Crippen molar-refractivity contribution < 1.29 is 13.2 Å². The lowest BCUT2D eigenvalue weighted by Gasteiger charge is -2.02. The zero-order chi connectivity index (χ0) is 13.5. The Kier molecular flexibility index (Phi) is 3.43. The van der Waals surface area contributed by atoms with Gasteiger partial charge in [0.1, 0.15) is 0 Å². The van der Waals surface area contributed by atoms with Crippen LogP contribution in [0.4, 0.5) is 0 Å². The van der Waals surface area contributed by atoms with Crippen molar-refractivity contribution in [3.05, 3.63) is 27.2 Å². The third kappa shape index (κ3) is 2.70. The summed E-state index contributed by atoms with van der Waals surface area (Å²) in [5.74, 6) is -0.659. The molecular weight excluding hydrogens is 340 g/mol. The molecule has 0 fully saturated rings. The number of hydrogen-bond donors (Lipinski definition) is 1. The normalized spacial score (nSPS) is 11.7. The second-order valence-electron chi connectivity index (χ2n) is 3.78. The van der Waals surface area contributed by atoms with E-state index in [1.165, 1.54) is 11.3 Å². The number of thiophene rings is 1. The lowest BCUT2D eigenvalue weighted by molar-refractivity contribution is 0.0983. The van der Waals surface area contributed by atoms with E-state index in [0.29, 0.717) is 5.52 Å². The Hall–Kier alpha value is -0.990. The maximum Gasteiger partial charge on any atom is 0.267 e. The van der Waals surface area contributed by atoms with Gasteiger partial charge >= 0.3 is 0 Å². The second-order valence-corrected chi connectivity index (χ2v) is 7.26. The first-order chi connectivity index (χ1) is 8.28. The number of amides is 1. The molecule has 0 unspecified atom stereocenters. The van der Waals surface area contributed by atoms with Crippen molar-refractivity contribution in [2.75, 3.05) is 6.26 Å². The molecule has 2 heterocycles. The molecule has 0 aliphatic heterocycles. The maximum atomic E-state index is 11.8. The molecule has 0 aromatic carbocycles. The molecular formula is C10H9BrN2O3S2. The number of rotatable bonds is 2. The van der Waals surface area contributed by atoms with Gasteiger partial charge in [0.15, 0.2) is 0 Å². The van der Waals surface area contributed by atoms with Crippen LogP contribution in [0.15, 0.2) is 15.9 Å². The van der Waals surface area contributed by atoms with E-state index in [9.17, 15) is 13.2 Å². The predicted molar refractivity (Wildman–Crippen MR) is 74.4 cm³/mol. The summed E-state index contributed by atoms with van der Waals surface area (Å²) in [5, 5.41) is 1.60. The molecule has 8 heteroatoms. The van der Waals surface area contributed by atoms with Crippen molar-refractivity contribution in [2.24, 2.45) is 0 Å². The molecule has 18 heavy (non-hydrogen) atoms. The van der Waals surface area contributed by atoms with Crippen LogP contribution in [0.5, 0.6) is 0 Å². The zero-order valence-electron chi connectivity index (χ0n) is 9.52. The highest BCUT2D eigenvalue weighted by Crippen LogP contribution is 2.31. The lowest BCUT2D eigenvalue weighted by atomic mass is 10.2. The smallest absolute Gasteiger partial charge is 0.267 e. The number of halogens is 1. The van der Waals surface area contributed by atoms with Gasteiger partial charge in [-0.1, -0.05) is 0 Å². The second kappa shape index (κ2) is 4.60. The van der Waals surface area contributed by atoms with Gasteiger partial charge in [-0.3, -0.25) is 9.78 Å². The van der Waals surface area contributed by atoms with E-state index in [4.69, 9.17) is 0 Å². The van der Waals surface area contributed by atoms with Gasteiger partial charge in [-0.2, -0.15) is 0 Å². The number of pyridine rings is 1. The molecule has 0 aliphatic carbocycles. The van der Waals surface area contributed by atoms with Crippen LogP contribution >= 0.6 is 27.3 Å². The van der Waals surface area contributed by atoms with Crippen molar-refractivity contribution in [1.29, 1.82) is 0 Å². The van der Waals surface area contributed by atoms with E-state index in [2.05, 4.69) is 20.9 Å². The molecule has 1 amide bonds. The van der Waals surface area contributed by atoms with Gasteiger partial charge in [0, 0.05) is 15.5 Å². The minimum atomic E-state index is -3.57. The van der Waals surface area contributed by atoms with Crippen LogP contribution in [-0.4, -0.2) is 25.6 Å². The number of fused-ring (bicyclic) bond motifs is 1. The van der Waals surface area contributed by atoms with Crippen LogP contribution in [-0.2, 0) is 10.0 Å². The molecule has 1 N–H and O–H groups in total. The summed E-state index contributed by atoms with van der Waals surface area (Å²) in [5.41, 5.74) is 1.53. The largest absolute Gasteiger partial charge is 0.268 e. The quantitative estimate of drug-likeness (QED) is 0.900. The van der Waals surface area contributed by atoms with Gasteiger partial charge in [-0.05, 0) is 28.9 Å². The maximum absolute atomic E-state index is 11.8. The van der Waals surface area contributed by atoms with Crippen LogP contribution in [0.25, 0.3) is 10.2 Å². The van der Waals surface area contributed by atoms with E-state index in [1.807, 2.05) is 10.8 Å². The first-order valence-corrected chi connectivity index (χ1v) is 8.41. The van der Waals surface area contributed by atoms with Gasteiger partial charge < -0.3 is 0 Å². The molecule has 2 aromatic rings. The van der Waals surface area contributed by atoms with Crippen LogP contribution in [0.3, 0.4) is 0 Å². The number of aryl methyl sites for hydroxylation is 1. The molecule has 2 aromatic heterocycles. The number of nitrogens with one attached hydrogen (secondary N) is 1. The van der Waals surface area contributed by atoms with Crippen molar-refractivity contribution in [3.63, 3.8) is 0 Å². The monoisotopic (exact) mass is 348 g/mol. The topological polar surface area (TPSA) is 76.1 Å². The van der Waals surface area contributed by atoms with Gasteiger partial charge in [0.25, 0.3) is 5.91 Å². The third-order valence-electron chi connectivity index (χ3n) is 2.13. The SMILES string of the molecule is Cc1cc(Br)c2scc(C(=O)NS(C)(=O)=O)c2n1. The van der Waals surface area contributed by atoms with Gasteiger partial charge in [0.05, 0.1) is 22.0 Å². The van der Waals surface area contributed by atoms with Crippen molar-refractivity contribution >= 4 is 53.4 Å². The average Bonchev–Trinajstić information content (AvgIpc) is 2.58. The van der Waals surface area contributed by atoms with Crippen LogP contribution in [0.2, 0.25) is 0 Å². The highest BCUT2D eigenvalue weighted by atomic mass is 79.9. The minimum absolute atomic E-state index is 0.268. The highest BCUT2D eigenvalue weighted by Gasteiger charge is 2.18. The average molecular weight is 349 g/mol. The first-order valence-electron chi connectivity index (χ1n) is 4.84. The van der Waals surface area contributed by atoms with E-state index >= 15 is 0 Å². The summed E-state index contributed by atoms with van der Waals surface area (Å²) in [7, 11) is -3.57. The van der Waals surface area contributed by atoms with Gasteiger partial charge in [-0.15, -0.1) is 11.3 Å². The van der Waals surface area contributed by atoms with Crippen LogP contribution in [0.1, 0.15) is 16.1 Å². The summed E-state index contributed by atoms with van der Waals surface area (Å²) >= 11 is 4.73. The van der Waals surface area contributed by atoms with Crippen molar-refractivity contribution in [3.8, 4) is 0 Å². The Morgan fingerprint density at radius 1 is 1.50 bits per heavy atom.